The smallest absolute Gasteiger partial charge is 0.303 e. The van der Waals surface area contributed by atoms with Gasteiger partial charge in [0.25, 0.3) is 0 Å². The molecule has 0 radical (unpaired) electrons. The number of aliphatic hydroxyl groups is 2. The third-order valence-corrected chi connectivity index (χ3v) is 10.2. The van der Waals surface area contributed by atoms with Crippen molar-refractivity contribution in [3.8, 4) is 0 Å². The van der Waals surface area contributed by atoms with Crippen LogP contribution in [0.15, 0.2) is 0 Å². The summed E-state index contributed by atoms with van der Waals surface area (Å²) in [6, 6.07) is 0. The van der Waals surface area contributed by atoms with Crippen molar-refractivity contribution in [1.29, 1.82) is 0 Å². The van der Waals surface area contributed by atoms with Crippen LogP contribution in [0.2, 0.25) is 0 Å². The van der Waals surface area contributed by atoms with Gasteiger partial charge in [-0.2, -0.15) is 0 Å². The maximum Gasteiger partial charge on any atom is 0.303 e. The highest BCUT2D eigenvalue weighted by atomic mass is 16.4. The Hall–Kier alpha value is -0.610. The van der Waals surface area contributed by atoms with E-state index in [-0.39, 0.29) is 30.0 Å². The van der Waals surface area contributed by atoms with E-state index in [0.717, 1.165) is 32.1 Å². The first kappa shape index (κ1) is 20.7. The fourth-order valence-electron chi connectivity index (χ4n) is 8.81. The molecule has 3 N–H and O–H groups in total. The molecule has 0 unspecified atom stereocenters. The Labute approximate surface area is 170 Å². The lowest BCUT2D eigenvalue weighted by Gasteiger charge is -2.62. The molecule has 0 bridgehead atoms. The monoisotopic (exact) mass is 392 g/mol. The summed E-state index contributed by atoms with van der Waals surface area (Å²) < 4.78 is 0. The first-order chi connectivity index (χ1) is 13.2. The third-order valence-electron chi connectivity index (χ3n) is 10.2. The average Bonchev–Trinajstić information content (AvgIpc) is 2.99. The van der Waals surface area contributed by atoms with Crippen molar-refractivity contribution in [1.82, 2.24) is 0 Å². The summed E-state index contributed by atoms with van der Waals surface area (Å²) in [6.07, 6.45) is 9.16. The SMILES string of the molecule is C[C@H](CCC(=O)O)[C@H]1CC[C@@H]2[C@@H]3C[C@H](O)[C@@H]4C[C@H](O)CC[C@]4(C)[C@H]3CC[C@@]21C. The second kappa shape index (κ2) is 7.27. The van der Waals surface area contributed by atoms with Gasteiger partial charge in [-0.25, -0.2) is 0 Å². The molecule has 4 nitrogen and oxygen atoms in total. The standard InChI is InChI=1S/C24H40O4/c1-14(4-7-22(27)28)17-5-6-18-16-13-21(26)20-12-15(25)8-10-24(20,3)19(16)9-11-23(17,18)2/h14-21,25-26H,4-13H2,1-3H3,(H,27,28)/t14-,15-,16+,17-,18-,19+,20+,21+,23-,24-/m1/s1. The quantitative estimate of drug-likeness (QED) is 0.659. The van der Waals surface area contributed by atoms with Crippen molar-refractivity contribution < 1.29 is 20.1 Å². The molecule has 0 saturated heterocycles. The second-order valence-electron chi connectivity index (χ2n) is 11.4. The van der Waals surface area contributed by atoms with Crippen molar-refractivity contribution in [2.24, 2.45) is 46.3 Å². The fourth-order valence-corrected chi connectivity index (χ4v) is 8.81. The number of aliphatic hydroxyl groups excluding tert-OH is 2. The number of rotatable bonds is 4. The van der Waals surface area contributed by atoms with Gasteiger partial charge in [-0.3, -0.25) is 4.79 Å². The predicted molar refractivity (Wildman–Crippen MR) is 109 cm³/mol. The van der Waals surface area contributed by atoms with E-state index in [9.17, 15) is 15.0 Å². The molecule has 0 heterocycles. The fraction of sp³-hybridized carbons (Fsp3) is 0.958. The summed E-state index contributed by atoms with van der Waals surface area (Å²) in [4.78, 5) is 11.1. The summed E-state index contributed by atoms with van der Waals surface area (Å²) in [6.45, 7) is 7.16. The molecule has 0 aromatic rings. The number of carbonyl (C=O) groups is 1. The minimum atomic E-state index is -0.677. The van der Waals surface area contributed by atoms with Crippen LogP contribution in [-0.4, -0.2) is 33.5 Å². The lowest BCUT2D eigenvalue weighted by molar-refractivity contribution is -0.172. The van der Waals surface area contributed by atoms with Gasteiger partial charge in [0.15, 0.2) is 0 Å². The highest BCUT2D eigenvalue weighted by Gasteiger charge is 2.62. The molecular formula is C24H40O4. The van der Waals surface area contributed by atoms with Gasteiger partial charge in [0.1, 0.15) is 0 Å². The van der Waals surface area contributed by atoms with E-state index in [1.165, 1.54) is 25.7 Å². The van der Waals surface area contributed by atoms with Crippen molar-refractivity contribution in [3.63, 3.8) is 0 Å². The van der Waals surface area contributed by atoms with Gasteiger partial charge in [-0.05, 0) is 104 Å². The third kappa shape index (κ3) is 3.14. The average molecular weight is 393 g/mol. The predicted octanol–water partition coefficient (Wildman–Crippen LogP) is 4.48. The van der Waals surface area contributed by atoms with Crippen molar-refractivity contribution in [3.05, 3.63) is 0 Å². The summed E-state index contributed by atoms with van der Waals surface area (Å²) in [5.74, 6) is 2.61. The Bertz CT molecular complexity index is 605. The zero-order valence-corrected chi connectivity index (χ0v) is 17.9. The van der Waals surface area contributed by atoms with Crippen LogP contribution in [-0.2, 0) is 4.79 Å². The van der Waals surface area contributed by atoms with E-state index < -0.39 is 5.97 Å². The molecule has 4 saturated carbocycles. The Kier molecular flexibility index (Phi) is 5.36. The lowest BCUT2D eigenvalue weighted by Crippen LogP contribution is -2.58. The number of hydrogen-bond donors (Lipinski definition) is 3. The molecule has 0 aliphatic heterocycles. The Morgan fingerprint density at radius 2 is 1.64 bits per heavy atom. The van der Waals surface area contributed by atoms with Gasteiger partial charge < -0.3 is 15.3 Å². The summed E-state index contributed by atoms with van der Waals surface area (Å²) in [5.41, 5.74) is 0.478. The van der Waals surface area contributed by atoms with Gasteiger partial charge in [0, 0.05) is 6.42 Å². The molecule has 10 atom stereocenters. The van der Waals surface area contributed by atoms with Gasteiger partial charge in [0.05, 0.1) is 12.2 Å². The molecular weight excluding hydrogens is 352 g/mol. The molecule has 0 spiro atoms. The van der Waals surface area contributed by atoms with Crippen LogP contribution in [0.3, 0.4) is 0 Å². The Morgan fingerprint density at radius 3 is 2.36 bits per heavy atom. The van der Waals surface area contributed by atoms with E-state index in [2.05, 4.69) is 20.8 Å². The van der Waals surface area contributed by atoms with Crippen LogP contribution in [0.1, 0.15) is 85.0 Å². The molecule has 160 valence electrons. The molecule has 0 aromatic heterocycles. The van der Waals surface area contributed by atoms with Gasteiger partial charge in [-0.1, -0.05) is 20.8 Å². The number of fused-ring (bicyclic) bond motifs is 5. The van der Waals surface area contributed by atoms with Crippen LogP contribution in [0.4, 0.5) is 0 Å². The number of carboxylic acids is 1. The van der Waals surface area contributed by atoms with Crippen molar-refractivity contribution in [2.45, 2.75) is 97.2 Å². The first-order valence-electron chi connectivity index (χ1n) is 11.7. The lowest BCUT2D eigenvalue weighted by atomic mass is 9.44. The maximum atomic E-state index is 11.1. The van der Waals surface area contributed by atoms with Crippen molar-refractivity contribution in [2.75, 3.05) is 0 Å². The topological polar surface area (TPSA) is 77.8 Å². The largest absolute Gasteiger partial charge is 0.481 e. The summed E-state index contributed by atoms with van der Waals surface area (Å²) in [5, 5.41) is 30.4. The van der Waals surface area contributed by atoms with Gasteiger partial charge >= 0.3 is 5.97 Å². The normalized spacial score (nSPS) is 51.7. The molecule has 4 heteroatoms. The van der Waals surface area contributed by atoms with E-state index in [1.807, 2.05) is 0 Å². The molecule has 28 heavy (non-hydrogen) atoms. The minimum absolute atomic E-state index is 0.176. The number of carboxylic acid groups (broad SMARTS) is 1. The van der Waals surface area contributed by atoms with E-state index >= 15 is 0 Å². The zero-order valence-electron chi connectivity index (χ0n) is 17.9. The number of aliphatic carboxylic acids is 1. The second-order valence-corrected chi connectivity index (χ2v) is 11.4. The molecule has 4 aliphatic carbocycles. The van der Waals surface area contributed by atoms with Crippen LogP contribution in [0.25, 0.3) is 0 Å². The molecule has 4 fully saturated rings. The Balaban J connectivity index is 1.55. The van der Waals surface area contributed by atoms with Crippen molar-refractivity contribution >= 4 is 5.97 Å². The van der Waals surface area contributed by atoms with Crippen LogP contribution in [0.5, 0.6) is 0 Å². The number of hydrogen-bond acceptors (Lipinski definition) is 3. The maximum absolute atomic E-state index is 11.1. The zero-order chi connectivity index (χ0) is 20.3. The highest BCUT2D eigenvalue weighted by molar-refractivity contribution is 5.66. The highest BCUT2D eigenvalue weighted by Crippen LogP contribution is 2.68. The molecule has 4 aliphatic rings. The van der Waals surface area contributed by atoms with E-state index in [1.54, 1.807) is 0 Å². The summed E-state index contributed by atoms with van der Waals surface area (Å²) >= 11 is 0. The van der Waals surface area contributed by atoms with Crippen LogP contribution >= 0.6 is 0 Å². The van der Waals surface area contributed by atoms with E-state index in [0.29, 0.717) is 35.0 Å². The molecule has 0 aromatic carbocycles. The van der Waals surface area contributed by atoms with Crippen LogP contribution in [0, 0.1) is 46.3 Å². The van der Waals surface area contributed by atoms with Crippen LogP contribution < -0.4 is 0 Å². The summed E-state index contributed by atoms with van der Waals surface area (Å²) in [7, 11) is 0. The molecule has 0 amide bonds. The first-order valence-corrected chi connectivity index (χ1v) is 11.7. The van der Waals surface area contributed by atoms with Gasteiger partial charge in [0.2, 0.25) is 0 Å². The minimum Gasteiger partial charge on any atom is -0.481 e. The molecule has 4 rings (SSSR count). The van der Waals surface area contributed by atoms with E-state index in [4.69, 9.17) is 5.11 Å². The van der Waals surface area contributed by atoms with Gasteiger partial charge in [-0.15, -0.1) is 0 Å². The Morgan fingerprint density at radius 1 is 0.964 bits per heavy atom.